The van der Waals surface area contributed by atoms with Gasteiger partial charge in [0.15, 0.2) is 0 Å². The molecule has 18 heavy (non-hydrogen) atoms. The largest absolute Gasteiger partial charge is 0.308 e. The van der Waals surface area contributed by atoms with Gasteiger partial charge in [-0.15, -0.1) is 11.3 Å². The molecule has 0 aromatic carbocycles. The van der Waals surface area contributed by atoms with Crippen molar-refractivity contribution in [3.05, 3.63) is 16.1 Å². The zero-order chi connectivity index (χ0) is 12.8. The van der Waals surface area contributed by atoms with Gasteiger partial charge in [-0.1, -0.05) is 12.8 Å². The Hall–Kier alpha value is -0.450. The topological polar surface area (TPSA) is 28.2 Å². The summed E-state index contributed by atoms with van der Waals surface area (Å²) >= 11 is 1.74. The van der Waals surface area contributed by atoms with Crippen LogP contribution in [0, 0.1) is 6.92 Å². The van der Waals surface area contributed by atoms with Crippen LogP contribution in [0.1, 0.15) is 49.4 Å². The molecule has 1 aliphatic heterocycles. The van der Waals surface area contributed by atoms with Crippen LogP contribution < -0.4 is 5.32 Å². The molecule has 0 radical (unpaired) electrons. The van der Waals surface area contributed by atoms with Crippen LogP contribution in [-0.4, -0.2) is 36.1 Å². The molecular weight excluding hydrogens is 242 g/mol. The summed E-state index contributed by atoms with van der Waals surface area (Å²) < 4.78 is 0. The molecule has 1 aliphatic rings. The molecule has 2 rings (SSSR count). The van der Waals surface area contributed by atoms with Gasteiger partial charge in [-0.25, -0.2) is 4.98 Å². The Labute approximate surface area is 115 Å². The molecular formula is C14H25N3S. The van der Waals surface area contributed by atoms with Crippen molar-refractivity contribution in [2.24, 2.45) is 0 Å². The third kappa shape index (κ3) is 4.34. The number of thiazole rings is 1. The zero-order valence-electron chi connectivity index (χ0n) is 11.6. The second-order valence-electron chi connectivity index (χ2n) is 5.22. The number of nitrogens with zero attached hydrogens (tertiary/aromatic N) is 2. The average molecular weight is 267 g/mol. The highest BCUT2D eigenvalue weighted by Crippen LogP contribution is 2.15. The van der Waals surface area contributed by atoms with E-state index in [2.05, 4.69) is 34.4 Å². The molecule has 1 saturated heterocycles. The molecule has 1 atom stereocenters. The summed E-state index contributed by atoms with van der Waals surface area (Å²) in [6.07, 6.45) is 5.58. The number of likely N-dealkylation sites (tertiary alicyclic amines) is 1. The maximum atomic E-state index is 4.53. The lowest BCUT2D eigenvalue weighted by atomic mass is 10.2. The molecule has 0 aliphatic carbocycles. The molecule has 1 N–H and O–H groups in total. The van der Waals surface area contributed by atoms with Gasteiger partial charge >= 0.3 is 0 Å². The lowest BCUT2D eigenvalue weighted by Gasteiger charge is -2.21. The van der Waals surface area contributed by atoms with Crippen LogP contribution in [0.5, 0.6) is 0 Å². The summed E-state index contributed by atoms with van der Waals surface area (Å²) in [7, 11) is 0. The first-order valence-corrected chi connectivity index (χ1v) is 8.01. The van der Waals surface area contributed by atoms with E-state index < -0.39 is 0 Å². The summed E-state index contributed by atoms with van der Waals surface area (Å²) in [4.78, 5) is 7.13. The van der Waals surface area contributed by atoms with Crippen molar-refractivity contribution in [3.63, 3.8) is 0 Å². The van der Waals surface area contributed by atoms with Gasteiger partial charge in [0.25, 0.3) is 0 Å². The number of aromatic nitrogens is 1. The second-order valence-corrected chi connectivity index (χ2v) is 6.29. The number of hydrogen-bond acceptors (Lipinski definition) is 4. The third-order valence-electron chi connectivity index (χ3n) is 3.66. The number of hydrogen-bond donors (Lipinski definition) is 1. The normalized spacial score (nSPS) is 19.7. The molecule has 3 nitrogen and oxygen atoms in total. The van der Waals surface area contributed by atoms with E-state index in [1.54, 1.807) is 11.3 Å². The smallest absolute Gasteiger partial charge is 0.0898 e. The minimum absolute atomic E-state index is 0.377. The van der Waals surface area contributed by atoms with Crippen molar-refractivity contribution in [2.45, 2.75) is 45.6 Å². The summed E-state index contributed by atoms with van der Waals surface area (Å²) in [5, 5.41) is 6.91. The molecule has 4 heteroatoms. The lowest BCUT2D eigenvalue weighted by Crippen LogP contribution is -2.33. The van der Waals surface area contributed by atoms with Gasteiger partial charge in [0, 0.05) is 24.5 Å². The summed E-state index contributed by atoms with van der Waals surface area (Å²) in [5.41, 5.74) is 1.19. The Balaban J connectivity index is 1.68. The molecule has 102 valence electrons. The van der Waals surface area contributed by atoms with Crippen molar-refractivity contribution >= 4 is 11.3 Å². The molecule has 0 saturated carbocycles. The van der Waals surface area contributed by atoms with Gasteiger partial charge in [0.2, 0.25) is 0 Å². The molecule has 1 aromatic heterocycles. The predicted molar refractivity (Wildman–Crippen MR) is 78.2 cm³/mol. The zero-order valence-corrected chi connectivity index (χ0v) is 12.4. The highest BCUT2D eigenvalue weighted by molar-refractivity contribution is 7.09. The Kier molecular flexibility index (Phi) is 5.60. The first kappa shape index (κ1) is 14.0. The van der Waals surface area contributed by atoms with Gasteiger partial charge in [-0.2, -0.15) is 0 Å². The van der Waals surface area contributed by atoms with E-state index >= 15 is 0 Å². The molecule has 0 bridgehead atoms. The SMILES string of the molecule is Cc1nc(C(C)NCCN2CCCCCC2)cs1. The first-order chi connectivity index (χ1) is 8.75. The van der Waals surface area contributed by atoms with E-state index in [0.29, 0.717) is 6.04 Å². The quantitative estimate of drug-likeness (QED) is 0.889. The van der Waals surface area contributed by atoms with Gasteiger partial charge in [0.1, 0.15) is 0 Å². The van der Waals surface area contributed by atoms with E-state index in [1.165, 1.54) is 51.0 Å². The monoisotopic (exact) mass is 267 g/mol. The molecule has 0 amide bonds. The Bertz CT molecular complexity index is 343. The fourth-order valence-electron chi connectivity index (χ4n) is 2.48. The van der Waals surface area contributed by atoms with Gasteiger partial charge < -0.3 is 10.2 Å². The number of aryl methyl sites for hydroxylation is 1. The molecule has 2 heterocycles. The highest BCUT2D eigenvalue weighted by atomic mass is 32.1. The number of rotatable bonds is 5. The van der Waals surface area contributed by atoms with Crippen LogP contribution in [0.4, 0.5) is 0 Å². The third-order valence-corrected chi connectivity index (χ3v) is 4.45. The van der Waals surface area contributed by atoms with Crippen molar-refractivity contribution in [3.8, 4) is 0 Å². The van der Waals surface area contributed by atoms with E-state index in [1.807, 2.05) is 0 Å². The lowest BCUT2D eigenvalue weighted by molar-refractivity contribution is 0.280. The van der Waals surface area contributed by atoms with E-state index in [-0.39, 0.29) is 0 Å². The van der Waals surface area contributed by atoms with Gasteiger partial charge in [-0.3, -0.25) is 0 Å². The maximum absolute atomic E-state index is 4.53. The van der Waals surface area contributed by atoms with Crippen LogP contribution >= 0.6 is 11.3 Å². The predicted octanol–water partition coefficient (Wildman–Crippen LogP) is 2.98. The summed E-state index contributed by atoms with van der Waals surface area (Å²) in [6.45, 7) is 9.08. The van der Waals surface area contributed by atoms with Crippen molar-refractivity contribution in [2.75, 3.05) is 26.2 Å². The summed E-state index contributed by atoms with van der Waals surface area (Å²) in [6, 6.07) is 0.377. The Morgan fingerprint density at radius 3 is 2.67 bits per heavy atom. The average Bonchev–Trinajstić information content (AvgIpc) is 2.63. The van der Waals surface area contributed by atoms with E-state index in [9.17, 15) is 0 Å². The Morgan fingerprint density at radius 1 is 1.33 bits per heavy atom. The second kappa shape index (κ2) is 7.22. The number of nitrogens with one attached hydrogen (secondary N) is 1. The van der Waals surface area contributed by atoms with E-state index in [4.69, 9.17) is 0 Å². The molecule has 1 aromatic rings. The standard InChI is InChI=1S/C14H25N3S/c1-12(14-11-18-13(2)16-14)15-7-10-17-8-5-3-4-6-9-17/h11-12,15H,3-10H2,1-2H3. The van der Waals surface area contributed by atoms with E-state index in [0.717, 1.165) is 11.6 Å². The minimum atomic E-state index is 0.377. The molecule has 1 fully saturated rings. The Morgan fingerprint density at radius 2 is 2.06 bits per heavy atom. The van der Waals surface area contributed by atoms with Crippen molar-refractivity contribution in [1.82, 2.24) is 15.2 Å². The van der Waals surface area contributed by atoms with Crippen molar-refractivity contribution in [1.29, 1.82) is 0 Å². The fraction of sp³-hybridized carbons (Fsp3) is 0.786. The van der Waals surface area contributed by atoms with Crippen LogP contribution in [0.2, 0.25) is 0 Å². The van der Waals surface area contributed by atoms with Crippen LogP contribution in [0.3, 0.4) is 0 Å². The summed E-state index contributed by atoms with van der Waals surface area (Å²) in [5.74, 6) is 0. The molecule has 1 unspecified atom stereocenters. The van der Waals surface area contributed by atoms with Crippen molar-refractivity contribution < 1.29 is 0 Å². The molecule has 0 spiro atoms. The maximum Gasteiger partial charge on any atom is 0.0898 e. The van der Waals surface area contributed by atoms with Crippen LogP contribution in [-0.2, 0) is 0 Å². The van der Waals surface area contributed by atoms with Gasteiger partial charge in [-0.05, 0) is 39.8 Å². The minimum Gasteiger partial charge on any atom is -0.308 e. The van der Waals surface area contributed by atoms with Gasteiger partial charge in [0.05, 0.1) is 10.7 Å². The first-order valence-electron chi connectivity index (χ1n) is 7.13. The fourth-order valence-corrected chi connectivity index (χ4v) is 3.19. The highest BCUT2D eigenvalue weighted by Gasteiger charge is 2.11. The van der Waals surface area contributed by atoms with Crippen LogP contribution in [0.15, 0.2) is 5.38 Å². The van der Waals surface area contributed by atoms with Crippen LogP contribution in [0.25, 0.3) is 0 Å².